The van der Waals surface area contributed by atoms with Gasteiger partial charge in [0, 0.05) is 5.41 Å². The van der Waals surface area contributed by atoms with Crippen LogP contribution in [0.2, 0.25) is 0 Å². The summed E-state index contributed by atoms with van der Waals surface area (Å²) in [6.07, 6.45) is 8.03. The van der Waals surface area contributed by atoms with Crippen molar-refractivity contribution in [2.75, 3.05) is 0 Å². The topological polar surface area (TPSA) is 37.3 Å². The summed E-state index contributed by atoms with van der Waals surface area (Å²) >= 11 is 0. The Bertz CT molecular complexity index is 678. The van der Waals surface area contributed by atoms with E-state index in [1.165, 1.54) is 12.0 Å². The predicted octanol–water partition coefficient (Wildman–Crippen LogP) is 3.88. The van der Waals surface area contributed by atoms with E-state index in [9.17, 15) is 9.90 Å². The van der Waals surface area contributed by atoms with Gasteiger partial charge < -0.3 is 5.11 Å². The lowest BCUT2D eigenvalue weighted by atomic mass is 9.53. The quantitative estimate of drug-likeness (QED) is 0.664. The van der Waals surface area contributed by atoms with E-state index in [4.69, 9.17) is 0 Å². The molecule has 7 unspecified atom stereocenters. The maximum Gasteiger partial charge on any atom is 0.309 e. The van der Waals surface area contributed by atoms with Crippen LogP contribution in [0.25, 0.3) is 0 Å². The normalized spacial score (nSPS) is 50.5. The number of hydrogen-bond donors (Lipinski definition) is 1. The van der Waals surface area contributed by atoms with Crippen molar-refractivity contribution < 1.29 is 9.90 Å². The van der Waals surface area contributed by atoms with Gasteiger partial charge in [-0.25, -0.2) is 0 Å². The van der Waals surface area contributed by atoms with Crippen molar-refractivity contribution >= 4 is 5.97 Å². The average Bonchev–Trinajstić information content (AvgIpc) is 3.25. The zero-order valence-electron chi connectivity index (χ0n) is 12.9. The third-order valence-corrected chi connectivity index (χ3v) is 7.64. The van der Waals surface area contributed by atoms with Gasteiger partial charge in [0.1, 0.15) is 0 Å². The number of allylic oxidation sites excluding steroid dienone is 2. The number of carboxylic acid groups (broad SMARTS) is 1. The van der Waals surface area contributed by atoms with Crippen LogP contribution in [0.3, 0.4) is 0 Å². The second-order valence-electron chi connectivity index (χ2n) is 8.18. The predicted molar refractivity (Wildman–Crippen MR) is 84.3 cm³/mol. The molecular formula is C20H22O2. The number of hydrogen-bond acceptors (Lipinski definition) is 1. The highest BCUT2D eigenvalue weighted by Gasteiger charge is 2.74. The minimum absolute atomic E-state index is 0.223. The van der Waals surface area contributed by atoms with E-state index in [-0.39, 0.29) is 5.41 Å². The summed E-state index contributed by atoms with van der Waals surface area (Å²) in [4.78, 5) is 11.9. The summed E-state index contributed by atoms with van der Waals surface area (Å²) < 4.78 is 0. The van der Waals surface area contributed by atoms with E-state index < -0.39 is 11.4 Å². The fourth-order valence-electron chi connectivity index (χ4n) is 6.99. The smallest absolute Gasteiger partial charge is 0.309 e. The van der Waals surface area contributed by atoms with Crippen LogP contribution in [0.4, 0.5) is 0 Å². The molecule has 0 radical (unpaired) electrons. The van der Waals surface area contributed by atoms with Crippen molar-refractivity contribution in [2.45, 2.75) is 31.6 Å². The molecule has 22 heavy (non-hydrogen) atoms. The monoisotopic (exact) mass is 294 g/mol. The summed E-state index contributed by atoms with van der Waals surface area (Å²) in [7, 11) is 0. The highest BCUT2D eigenvalue weighted by Crippen LogP contribution is 2.76. The van der Waals surface area contributed by atoms with E-state index in [0.717, 1.165) is 12.8 Å². The van der Waals surface area contributed by atoms with Gasteiger partial charge in [-0.3, -0.25) is 4.79 Å². The van der Waals surface area contributed by atoms with Crippen LogP contribution < -0.4 is 0 Å². The summed E-state index contributed by atoms with van der Waals surface area (Å²) in [5, 5.41) is 9.82. The second kappa shape index (κ2) is 3.84. The molecule has 1 N–H and O–H groups in total. The lowest BCUT2D eigenvalue weighted by Crippen LogP contribution is -2.50. The minimum atomic E-state index is -0.576. The summed E-state index contributed by atoms with van der Waals surface area (Å²) in [5.74, 6) is 2.05. The van der Waals surface area contributed by atoms with E-state index in [1.54, 1.807) is 0 Å². The first kappa shape index (κ1) is 12.9. The molecule has 1 aromatic rings. The minimum Gasteiger partial charge on any atom is -0.481 e. The fourth-order valence-corrected chi connectivity index (χ4v) is 6.99. The molecule has 4 aliphatic carbocycles. The van der Waals surface area contributed by atoms with E-state index >= 15 is 0 Å². The number of rotatable bonds is 2. The molecule has 2 nitrogen and oxygen atoms in total. The van der Waals surface area contributed by atoms with E-state index in [2.05, 4.69) is 42.5 Å². The highest BCUT2D eigenvalue weighted by atomic mass is 16.4. The van der Waals surface area contributed by atoms with Crippen LogP contribution in [0.15, 0.2) is 42.5 Å². The van der Waals surface area contributed by atoms with Crippen LogP contribution in [-0.4, -0.2) is 11.1 Å². The number of carboxylic acids is 1. The molecule has 3 fully saturated rings. The molecule has 0 heterocycles. The maximum atomic E-state index is 11.9. The van der Waals surface area contributed by atoms with Crippen molar-refractivity contribution in [3.63, 3.8) is 0 Å². The molecule has 114 valence electrons. The van der Waals surface area contributed by atoms with Crippen molar-refractivity contribution in [1.82, 2.24) is 0 Å². The molecule has 1 aromatic carbocycles. The molecule has 3 saturated carbocycles. The van der Waals surface area contributed by atoms with Crippen LogP contribution in [0, 0.1) is 35.0 Å². The Balaban J connectivity index is 1.70. The summed E-state index contributed by atoms with van der Waals surface area (Å²) in [6.45, 7) is 2.00. The lowest BCUT2D eigenvalue weighted by molar-refractivity contribution is -0.154. The largest absolute Gasteiger partial charge is 0.481 e. The maximum absolute atomic E-state index is 11.9. The van der Waals surface area contributed by atoms with Crippen LogP contribution >= 0.6 is 0 Å². The molecule has 0 aliphatic heterocycles. The molecule has 4 aliphatic rings. The third kappa shape index (κ3) is 1.20. The lowest BCUT2D eigenvalue weighted by Gasteiger charge is -2.50. The third-order valence-electron chi connectivity index (χ3n) is 7.64. The van der Waals surface area contributed by atoms with Gasteiger partial charge in [0.15, 0.2) is 0 Å². The number of fused-ring (bicyclic) bond motifs is 9. The van der Waals surface area contributed by atoms with Gasteiger partial charge in [0.05, 0.1) is 5.41 Å². The standard InChI is InChI=1S/C20H22O2/c1-19(18(21)22)11-15-10-16(19)17-12-7-8-14(9-12)20(15,17)13-5-3-2-4-6-13/h2-8,12,14-17H,9-11H2,1H3,(H,21,22). The van der Waals surface area contributed by atoms with Gasteiger partial charge in [-0.05, 0) is 61.3 Å². The molecule has 7 atom stereocenters. The molecule has 2 heteroatoms. The first-order valence-electron chi connectivity index (χ1n) is 8.55. The van der Waals surface area contributed by atoms with Crippen LogP contribution in [0.1, 0.15) is 31.7 Å². The van der Waals surface area contributed by atoms with Crippen LogP contribution in [0.5, 0.6) is 0 Å². The molecule has 0 saturated heterocycles. The number of carbonyl (C=O) groups is 1. The van der Waals surface area contributed by atoms with Crippen LogP contribution in [-0.2, 0) is 10.2 Å². The Morgan fingerprint density at radius 3 is 2.68 bits per heavy atom. The molecule has 0 aromatic heterocycles. The van der Waals surface area contributed by atoms with Gasteiger partial charge in [-0.1, -0.05) is 42.5 Å². The van der Waals surface area contributed by atoms with Crippen molar-refractivity contribution in [2.24, 2.45) is 35.0 Å². The average molecular weight is 294 g/mol. The molecule has 4 bridgehead atoms. The first-order chi connectivity index (χ1) is 10.6. The zero-order chi connectivity index (χ0) is 15.1. The number of benzene rings is 1. The van der Waals surface area contributed by atoms with Gasteiger partial charge in [0.2, 0.25) is 0 Å². The van der Waals surface area contributed by atoms with E-state index in [0.29, 0.717) is 29.6 Å². The van der Waals surface area contributed by atoms with Gasteiger partial charge in [-0.2, -0.15) is 0 Å². The van der Waals surface area contributed by atoms with Crippen molar-refractivity contribution in [3.8, 4) is 0 Å². The molecule has 0 spiro atoms. The Kier molecular flexibility index (Phi) is 2.26. The second-order valence-corrected chi connectivity index (χ2v) is 8.18. The Labute approximate surface area is 131 Å². The highest BCUT2D eigenvalue weighted by molar-refractivity contribution is 5.76. The Morgan fingerprint density at radius 1 is 1.18 bits per heavy atom. The van der Waals surface area contributed by atoms with Crippen molar-refractivity contribution in [3.05, 3.63) is 48.0 Å². The Hall–Kier alpha value is -1.57. The van der Waals surface area contributed by atoms with Gasteiger partial charge in [-0.15, -0.1) is 0 Å². The first-order valence-corrected chi connectivity index (χ1v) is 8.55. The molecular weight excluding hydrogens is 272 g/mol. The van der Waals surface area contributed by atoms with E-state index in [1.807, 2.05) is 6.92 Å². The SMILES string of the molecule is CC1(C(=O)O)CC2CC1C1C3C=CC(C3)C21c1ccccc1. The molecule has 0 amide bonds. The number of aliphatic carboxylic acids is 1. The van der Waals surface area contributed by atoms with Crippen molar-refractivity contribution in [1.29, 1.82) is 0 Å². The fraction of sp³-hybridized carbons (Fsp3) is 0.550. The Morgan fingerprint density at radius 2 is 1.95 bits per heavy atom. The van der Waals surface area contributed by atoms with Gasteiger partial charge >= 0.3 is 5.97 Å². The molecule has 5 rings (SSSR count). The summed E-state index contributed by atoms with van der Waals surface area (Å²) in [5.41, 5.74) is 1.18. The summed E-state index contributed by atoms with van der Waals surface area (Å²) in [6, 6.07) is 11.0. The zero-order valence-corrected chi connectivity index (χ0v) is 12.9. The van der Waals surface area contributed by atoms with Gasteiger partial charge in [0.25, 0.3) is 0 Å².